The molecule has 5 nitrogen and oxygen atoms in total. The Balaban J connectivity index is 1.66. The third kappa shape index (κ3) is 3.79. The molecule has 0 aliphatic rings. The van der Waals surface area contributed by atoms with Crippen molar-refractivity contribution in [2.75, 3.05) is 5.75 Å². The SMILES string of the molecule is Cc1nc(SCC(=O)c2cc(C)n(CCc3cccs3)c2C)n[nH]1. The van der Waals surface area contributed by atoms with Crippen LogP contribution in [0.5, 0.6) is 0 Å². The van der Waals surface area contributed by atoms with Gasteiger partial charge in [0.1, 0.15) is 5.82 Å². The highest BCUT2D eigenvalue weighted by atomic mass is 32.2. The third-order valence-electron chi connectivity index (χ3n) is 3.95. The Labute approximate surface area is 149 Å². The highest BCUT2D eigenvalue weighted by Crippen LogP contribution is 2.21. The Kier molecular flexibility index (Phi) is 5.20. The fraction of sp³-hybridized carbons (Fsp3) is 0.353. The second kappa shape index (κ2) is 7.36. The van der Waals surface area contributed by atoms with Gasteiger partial charge in [-0.05, 0) is 44.7 Å². The molecule has 0 unspecified atom stereocenters. The molecule has 7 heteroatoms. The number of hydrogen-bond acceptors (Lipinski definition) is 5. The molecule has 3 rings (SSSR count). The molecule has 3 aromatic heterocycles. The summed E-state index contributed by atoms with van der Waals surface area (Å²) in [5.41, 5.74) is 2.98. The molecule has 0 amide bonds. The van der Waals surface area contributed by atoms with Gasteiger partial charge in [0.25, 0.3) is 0 Å². The van der Waals surface area contributed by atoms with E-state index in [0.717, 1.165) is 35.7 Å². The zero-order chi connectivity index (χ0) is 17.1. The van der Waals surface area contributed by atoms with E-state index >= 15 is 0 Å². The van der Waals surface area contributed by atoms with Crippen molar-refractivity contribution < 1.29 is 4.79 Å². The molecule has 3 aromatic rings. The van der Waals surface area contributed by atoms with Crippen LogP contribution in [0.1, 0.15) is 32.4 Å². The van der Waals surface area contributed by atoms with Crippen LogP contribution >= 0.6 is 23.1 Å². The summed E-state index contributed by atoms with van der Waals surface area (Å²) in [5, 5.41) is 9.56. The number of Topliss-reactive ketones (excluding diaryl/α,β-unsaturated/α-hetero) is 1. The van der Waals surface area contributed by atoms with Crippen molar-refractivity contribution >= 4 is 28.9 Å². The zero-order valence-electron chi connectivity index (χ0n) is 14.0. The summed E-state index contributed by atoms with van der Waals surface area (Å²) in [6, 6.07) is 6.22. The van der Waals surface area contributed by atoms with Crippen molar-refractivity contribution in [3.63, 3.8) is 0 Å². The van der Waals surface area contributed by atoms with Gasteiger partial charge in [-0.3, -0.25) is 9.89 Å². The average molecular weight is 361 g/mol. The first kappa shape index (κ1) is 17.0. The minimum atomic E-state index is 0.123. The van der Waals surface area contributed by atoms with Crippen LogP contribution in [-0.4, -0.2) is 31.3 Å². The maximum atomic E-state index is 12.5. The van der Waals surface area contributed by atoms with Crippen LogP contribution in [-0.2, 0) is 13.0 Å². The van der Waals surface area contributed by atoms with Gasteiger partial charge >= 0.3 is 0 Å². The largest absolute Gasteiger partial charge is 0.348 e. The molecule has 0 aromatic carbocycles. The predicted molar refractivity (Wildman–Crippen MR) is 98.1 cm³/mol. The third-order valence-corrected chi connectivity index (χ3v) is 5.73. The normalized spacial score (nSPS) is 11.1. The van der Waals surface area contributed by atoms with Crippen LogP contribution in [0.4, 0.5) is 0 Å². The van der Waals surface area contributed by atoms with Gasteiger partial charge in [0.15, 0.2) is 5.78 Å². The van der Waals surface area contributed by atoms with Crippen LogP contribution in [0.25, 0.3) is 0 Å². The molecular formula is C17H20N4OS2. The van der Waals surface area contributed by atoms with Crippen LogP contribution in [0.3, 0.4) is 0 Å². The lowest BCUT2D eigenvalue weighted by Crippen LogP contribution is -2.08. The van der Waals surface area contributed by atoms with Gasteiger partial charge in [-0.1, -0.05) is 17.8 Å². The summed E-state index contributed by atoms with van der Waals surface area (Å²) >= 11 is 3.14. The molecule has 0 aliphatic carbocycles. The van der Waals surface area contributed by atoms with Crippen molar-refractivity contribution in [3.05, 3.63) is 51.2 Å². The quantitative estimate of drug-likeness (QED) is 0.514. The first-order valence-corrected chi connectivity index (χ1v) is 9.65. The topological polar surface area (TPSA) is 63.6 Å². The highest BCUT2D eigenvalue weighted by Gasteiger charge is 2.16. The van der Waals surface area contributed by atoms with Crippen molar-refractivity contribution in [1.29, 1.82) is 0 Å². The maximum absolute atomic E-state index is 12.5. The lowest BCUT2D eigenvalue weighted by atomic mass is 10.2. The molecule has 24 heavy (non-hydrogen) atoms. The molecule has 1 N–H and O–H groups in total. The molecule has 0 radical (unpaired) electrons. The number of nitrogens with one attached hydrogen (secondary N) is 1. The first-order valence-electron chi connectivity index (χ1n) is 7.78. The number of thiophene rings is 1. The number of thioether (sulfide) groups is 1. The molecule has 0 saturated carbocycles. The lowest BCUT2D eigenvalue weighted by molar-refractivity contribution is 0.102. The van der Waals surface area contributed by atoms with E-state index in [9.17, 15) is 4.79 Å². The number of aromatic nitrogens is 4. The molecule has 0 saturated heterocycles. The number of H-pyrrole nitrogens is 1. The number of rotatable bonds is 7. The van der Waals surface area contributed by atoms with Gasteiger partial charge < -0.3 is 4.57 Å². The molecule has 126 valence electrons. The van der Waals surface area contributed by atoms with Gasteiger partial charge in [-0.15, -0.1) is 16.4 Å². The van der Waals surface area contributed by atoms with Crippen LogP contribution in [0.2, 0.25) is 0 Å². The van der Waals surface area contributed by atoms with Crippen LogP contribution in [0.15, 0.2) is 28.7 Å². The average Bonchev–Trinajstić information content (AvgIpc) is 3.26. The summed E-state index contributed by atoms with van der Waals surface area (Å²) < 4.78 is 2.23. The molecular weight excluding hydrogens is 340 g/mol. The minimum absolute atomic E-state index is 0.123. The van der Waals surface area contributed by atoms with E-state index in [1.165, 1.54) is 16.6 Å². The number of hydrogen-bond donors (Lipinski definition) is 1. The van der Waals surface area contributed by atoms with Gasteiger partial charge in [-0.2, -0.15) is 0 Å². The summed E-state index contributed by atoms with van der Waals surface area (Å²) in [5.74, 6) is 1.24. The number of aryl methyl sites for hydroxylation is 3. The van der Waals surface area contributed by atoms with Crippen molar-refractivity contribution in [2.24, 2.45) is 0 Å². The predicted octanol–water partition coefficient (Wildman–Crippen LogP) is 3.81. The Bertz CT molecular complexity index is 833. The summed E-state index contributed by atoms with van der Waals surface area (Å²) in [7, 11) is 0. The number of carbonyl (C=O) groups excluding carboxylic acids is 1. The fourth-order valence-corrected chi connectivity index (χ4v) is 4.12. The smallest absolute Gasteiger partial charge is 0.208 e. The number of aromatic amines is 1. The second-order valence-electron chi connectivity index (χ2n) is 5.68. The molecule has 3 heterocycles. The van der Waals surface area contributed by atoms with E-state index in [1.807, 2.05) is 19.9 Å². The van der Waals surface area contributed by atoms with Crippen molar-refractivity contribution in [3.8, 4) is 0 Å². The standard InChI is InChI=1S/C17H20N4OS2/c1-11-9-15(16(22)10-24-17-18-13(3)19-20-17)12(2)21(11)7-6-14-5-4-8-23-14/h4-5,8-9H,6-7,10H2,1-3H3,(H,18,19,20). The van der Waals surface area contributed by atoms with Crippen LogP contribution < -0.4 is 0 Å². The van der Waals surface area contributed by atoms with Crippen LogP contribution in [0, 0.1) is 20.8 Å². The van der Waals surface area contributed by atoms with Crippen molar-refractivity contribution in [1.82, 2.24) is 19.7 Å². The molecule has 0 atom stereocenters. The lowest BCUT2D eigenvalue weighted by Gasteiger charge is -2.09. The molecule has 0 bridgehead atoms. The van der Waals surface area contributed by atoms with Gasteiger partial charge in [-0.25, -0.2) is 4.98 Å². The Morgan fingerprint density at radius 2 is 2.21 bits per heavy atom. The van der Waals surface area contributed by atoms with E-state index in [2.05, 4.69) is 44.2 Å². The van der Waals surface area contributed by atoms with E-state index in [0.29, 0.717) is 10.9 Å². The summed E-state index contributed by atoms with van der Waals surface area (Å²) in [4.78, 5) is 18.1. The van der Waals surface area contributed by atoms with E-state index in [1.54, 1.807) is 11.3 Å². The maximum Gasteiger partial charge on any atom is 0.208 e. The highest BCUT2D eigenvalue weighted by molar-refractivity contribution is 7.99. The number of ketones is 1. The Morgan fingerprint density at radius 1 is 1.38 bits per heavy atom. The second-order valence-corrected chi connectivity index (χ2v) is 7.66. The molecule has 0 aliphatic heterocycles. The van der Waals surface area contributed by atoms with Gasteiger partial charge in [0.2, 0.25) is 5.16 Å². The fourth-order valence-electron chi connectivity index (χ4n) is 2.70. The molecule has 0 spiro atoms. The van der Waals surface area contributed by atoms with Crippen molar-refractivity contribution in [2.45, 2.75) is 38.9 Å². The Hall–Kier alpha value is -1.86. The van der Waals surface area contributed by atoms with Gasteiger partial charge in [0, 0.05) is 28.4 Å². The van der Waals surface area contributed by atoms with Gasteiger partial charge in [0.05, 0.1) is 5.75 Å². The van der Waals surface area contributed by atoms with E-state index in [-0.39, 0.29) is 5.78 Å². The van der Waals surface area contributed by atoms with E-state index < -0.39 is 0 Å². The first-order chi connectivity index (χ1) is 11.5. The number of carbonyl (C=O) groups is 1. The minimum Gasteiger partial charge on any atom is -0.348 e. The molecule has 0 fully saturated rings. The zero-order valence-corrected chi connectivity index (χ0v) is 15.6. The van der Waals surface area contributed by atoms with E-state index in [4.69, 9.17) is 0 Å². The monoisotopic (exact) mass is 360 g/mol. The Morgan fingerprint density at radius 3 is 2.88 bits per heavy atom. The number of nitrogens with zero attached hydrogens (tertiary/aromatic N) is 3. The summed E-state index contributed by atoms with van der Waals surface area (Å²) in [6.45, 7) is 6.83. The summed E-state index contributed by atoms with van der Waals surface area (Å²) in [6.07, 6.45) is 0.993.